The van der Waals surface area contributed by atoms with Crippen LogP contribution in [0.5, 0.6) is 5.75 Å². The molecule has 30 heavy (non-hydrogen) atoms. The zero-order valence-electron chi connectivity index (χ0n) is 17.6. The highest BCUT2D eigenvalue weighted by atomic mass is 32.2. The van der Waals surface area contributed by atoms with Gasteiger partial charge in [-0.1, -0.05) is 32.0 Å². The topological polar surface area (TPSA) is 84.9 Å². The molecule has 1 amide bonds. The lowest BCUT2D eigenvalue weighted by Gasteiger charge is -2.26. The third kappa shape index (κ3) is 5.19. The first kappa shape index (κ1) is 22.3. The molecule has 2 aromatic rings. The lowest BCUT2D eigenvalue weighted by molar-refractivity contribution is -0.118. The number of para-hydroxylation sites is 1. The number of aryl methyl sites for hydroxylation is 1. The number of amides is 1. The van der Waals surface area contributed by atoms with Gasteiger partial charge in [-0.15, -0.1) is 0 Å². The maximum Gasteiger partial charge on any atom is 0.262 e. The molecule has 0 atom stereocenters. The second kappa shape index (κ2) is 9.59. The summed E-state index contributed by atoms with van der Waals surface area (Å²) in [5.41, 5.74) is 2.88. The van der Waals surface area contributed by atoms with Gasteiger partial charge in [-0.3, -0.25) is 4.79 Å². The van der Waals surface area contributed by atoms with Crippen LogP contribution in [0.4, 0.5) is 5.69 Å². The van der Waals surface area contributed by atoms with Gasteiger partial charge in [0.15, 0.2) is 6.61 Å². The minimum absolute atomic E-state index is 0.165. The van der Waals surface area contributed by atoms with Crippen LogP contribution in [-0.4, -0.2) is 51.5 Å². The van der Waals surface area contributed by atoms with E-state index in [0.29, 0.717) is 32.1 Å². The molecule has 1 aliphatic rings. The number of benzene rings is 2. The van der Waals surface area contributed by atoms with Gasteiger partial charge in [-0.2, -0.15) is 4.31 Å². The van der Waals surface area contributed by atoms with Crippen LogP contribution in [0.15, 0.2) is 47.4 Å². The fourth-order valence-corrected chi connectivity index (χ4v) is 4.72. The second-order valence-electron chi connectivity index (χ2n) is 7.52. The third-order valence-electron chi connectivity index (χ3n) is 4.99. The van der Waals surface area contributed by atoms with Crippen molar-refractivity contribution in [2.45, 2.75) is 31.6 Å². The Labute approximate surface area is 178 Å². The molecule has 1 heterocycles. The Morgan fingerprint density at radius 2 is 1.80 bits per heavy atom. The quantitative estimate of drug-likeness (QED) is 0.727. The molecule has 1 N–H and O–H groups in total. The summed E-state index contributed by atoms with van der Waals surface area (Å²) < 4.78 is 37.5. The summed E-state index contributed by atoms with van der Waals surface area (Å²) in [6.45, 7) is 7.43. The summed E-state index contributed by atoms with van der Waals surface area (Å²) in [5, 5.41) is 2.93. The summed E-state index contributed by atoms with van der Waals surface area (Å²) in [6, 6.07) is 12.1. The van der Waals surface area contributed by atoms with Crippen LogP contribution < -0.4 is 10.1 Å². The molecule has 162 valence electrons. The van der Waals surface area contributed by atoms with Crippen LogP contribution in [-0.2, 0) is 19.6 Å². The van der Waals surface area contributed by atoms with Gasteiger partial charge in [0.2, 0.25) is 10.0 Å². The molecule has 0 unspecified atom stereocenters. The van der Waals surface area contributed by atoms with Crippen LogP contribution in [0, 0.1) is 6.92 Å². The molecule has 8 heteroatoms. The smallest absolute Gasteiger partial charge is 0.262 e. The Hall–Kier alpha value is -2.42. The van der Waals surface area contributed by atoms with Crippen LogP contribution in [0.2, 0.25) is 0 Å². The van der Waals surface area contributed by atoms with Crippen molar-refractivity contribution in [1.82, 2.24) is 4.31 Å². The molecule has 0 radical (unpaired) electrons. The van der Waals surface area contributed by atoms with Crippen LogP contribution in [0.3, 0.4) is 0 Å². The highest BCUT2D eigenvalue weighted by Crippen LogP contribution is 2.27. The van der Waals surface area contributed by atoms with Crippen molar-refractivity contribution < 1.29 is 22.7 Å². The Kier molecular flexibility index (Phi) is 7.12. The lowest BCUT2D eigenvalue weighted by Crippen LogP contribution is -2.40. The van der Waals surface area contributed by atoms with E-state index in [1.165, 1.54) is 16.4 Å². The van der Waals surface area contributed by atoms with Crippen molar-refractivity contribution in [3.63, 3.8) is 0 Å². The molecular weight excluding hydrogens is 404 g/mol. The Bertz CT molecular complexity index is 981. The van der Waals surface area contributed by atoms with Crippen LogP contribution in [0.1, 0.15) is 30.9 Å². The van der Waals surface area contributed by atoms with Crippen molar-refractivity contribution in [1.29, 1.82) is 0 Å². The lowest BCUT2D eigenvalue weighted by atomic mass is 9.98. The first-order valence-electron chi connectivity index (χ1n) is 9.99. The van der Waals surface area contributed by atoms with Crippen molar-refractivity contribution >= 4 is 21.6 Å². The third-order valence-corrected chi connectivity index (χ3v) is 6.91. The first-order chi connectivity index (χ1) is 14.3. The molecule has 1 saturated heterocycles. The standard InChI is InChI=1S/C22H28N2O5S/c1-16(2)20-6-4-5-17(3)22(20)23-21(25)15-29-18-7-9-19(10-8-18)30(26,27)24-11-13-28-14-12-24/h4-10,16H,11-15H2,1-3H3,(H,23,25). The second-order valence-corrected chi connectivity index (χ2v) is 9.46. The molecule has 0 bridgehead atoms. The normalized spacial score (nSPS) is 15.2. The van der Waals surface area contributed by atoms with Gasteiger partial charge in [0.1, 0.15) is 5.75 Å². The summed E-state index contributed by atoms with van der Waals surface area (Å²) >= 11 is 0. The number of morpholine rings is 1. The van der Waals surface area contributed by atoms with Crippen molar-refractivity contribution in [2.24, 2.45) is 0 Å². The number of rotatable bonds is 7. The Balaban J connectivity index is 1.61. The number of carbonyl (C=O) groups is 1. The van der Waals surface area contributed by atoms with E-state index < -0.39 is 10.0 Å². The Morgan fingerprint density at radius 1 is 1.13 bits per heavy atom. The van der Waals surface area contributed by atoms with Crippen molar-refractivity contribution in [2.75, 3.05) is 38.2 Å². The highest BCUT2D eigenvalue weighted by molar-refractivity contribution is 7.89. The number of ether oxygens (including phenoxy) is 2. The molecular formula is C22H28N2O5S. The summed E-state index contributed by atoms with van der Waals surface area (Å²) in [6.07, 6.45) is 0. The van der Waals surface area contributed by atoms with E-state index in [9.17, 15) is 13.2 Å². The van der Waals surface area contributed by atoms with Gasteiger partial charge in [-0.05, 0) is 48.2 Å². The van der Waals surface area contributed by atoms with Gasteiger partial charge in [0.05, 0.1) is 18.1 Å². The Morgan fingerprint density at radius 3 is 2.43 bits per heavy atom. The van der Waals surface area contributed by atoms with E-state index >= 15 is 0 Å². The van der Waals surface area contributed by atoms with E-state index in [4.69, 9.17) is 9.47 Å². The van der Waals surface area contributed by atoms with E-state index in [1.54, 1.807) is 12.1 Å². The fraction of sp³-hybridized carbons (Fsp3) is 0.409. The minimum atomic E-state index is -3.55. The van der Waals surface area contributed by atoms with E-state index in [2.05, 4.69) is 19.2 Å². The van der Waals surface area contributed by atoms with Crippen LogP contribution in [0.25, 0.3) is 0 Å². The van der Waals surface area contributed by atoms with E-state index in [-0.39, 0.29) is 23.3 Å². The number of carbonyl (C=O) groups excluding carboxylic acids is 1. The van der Waals surface area contributed by atoms with Crippen molar-refractivity contribution in [3.05, 3.63) is 53.6 Å². The zero-order valence-corrected chi connectivity index (χ0v) is 18.4. The summed E-state index contributed by atoms with van der Waals surface area (Å²) in [5.74, 6) is 0.443. The monoisotopic (exact) mass is 432 g/mol. The summed E-state index contributed by atoms with van der Waals surface area (Å²) in [7, 11) is -3.55. The largest absolute Gasteiger partial charge is 0.484 e. The van der Waals surface area contributed by atoms with Crippen LogP contribution >= 0.6 is 0 Å². The number of hydrogen-bond donors (Lipinski definition) is 1. The van der Waals surface area contributed by atoms with E-state index in [1.807, 2.05) is 25.1 Å². The molecule has 2 aromatic carbocycles. The maximum atomic E-state index is 12.7. The molecule has 7 nitrogen and oxygen atoms in total. The highest BCUT2D eigenvalue weighted by Gasteiger charge is 2.26. The number of nitrogens with one attached hydrogen (secondary N) is 1. The fourth-order valence-electron chi connectivity index (χ4n) is 3.31. The summed E-state index contributed by atoms with van der Waals surface area (Å²) in [4.78, 5) is 12.6. The number of sulfonamides is 1. The van der Waals surface area contributed by atoms with E-state index in [0.717, 1.165) is 16.8 Å². The van der Waals surface area contributed by atoms with Gasteiger partial charge in [0, 0.05) is 18.8 Å². The maximum absolute atomic E-state index is 12.7. The van der Waals surface area contributed by atoms with Gasteiger partial charge in [-0.25, -0.2) is 8.42 Å². The minimum Gasteiger partial charge on any atom is -0.484 e. The average Bonchev–Trinajstić information content (AvgIpc) is 2.74. The number of nitrogens with zero attached hydrogens (tertiary/aromatic N) is 1. The first-order valence-corrected chi connectivity index (χ1v) is 11.4. The van der Waals surface area contributed by atoms with Gasteiger partial charge in [0.25, 0.3) is 5.91 Å². The molecule has 0 spiro atoms. The molecule has 0 aromatic heterocycles. The average molecular weight is 433 g/mol. The number of hydrogen-bond acceptors (Lipinski definition) is 5. The van der Waals surface area contributed by atoms with Gasteiger partial charge < -0.3 is 14.8 Å². The van der Waals surface area contributed by atoms with Gasteiger partial charge >= 0.3 is 0 Å². The predicted molar refractivity (Wildman–Crippen MR) is 115 cm³/mol. The zero-order chi connectivity index (χ0) is 21.7. The molecule has 0 aliphatic carbocycles. The SMILES string of the molecule is Cc1cccc(C(C)C)c1NC(=O)COc1ccc(S(=O)(=O)N2CCOCC2)cc1. The molecule has 3 rings (SSSR count). The number of anilines is 1. The predicted octanol–water partition coefficient (Wildman–Crippen LogP) is 3.16. The van der Waals surface area contributed by atoms with Crippen molar-refractivity contribution in [3.8, 4) is 5.75 Å². The molecule has 0 saturated carbocycles. The molecule has 1 fully saturated rings. The molecule has 1 aliphatic heterocycles.